The van der Waals surface area contributed by atoms with Crippen molar-refractivity contribution in [3.8, 4) is 5.88 Å². The molecule has 2 aromatic rings. The van der Waals surface area contributed by atoms with Crippen LogP contribution in [0.25, 0.3) is 11.2 Å². The SMILES string of the molecule is CCOc1nc(N)nc2c1ncn2[C@@H]1O[C@H](COP(=S)(NC(C)C(=O)OC(C)C)OCCSC(=O)C(C)(C)C)[C@@H](O)[C@@]1(F)Cl. The molecule has 1 fully saturated rings. The van der Waals surface area contributed by atoms with Gasteiger partial charge in [0.05, 0.1) is 32.3 Å². The molecule has 2 unspecified atom stereocenters. The van der Waals surface area contributed by atoms with Gasteiger partial charge in [0.25, 0.3) is 11.8 Å². The van der Waals surface area contributed by atoms with Crippen molar-refractivity contribution in [1.82, 2.24) is 24.6 Å². The number of thioether (sulfide) groups is 1. The molecule has 1 aliphatic rings. The predicted octanol–water partition coefficient (Wildman–Crippen LogP) is 3.46. The maximum atomic E-state index is 15.9. The Morgan fingerprint density at radius 3 is 2.64 bits per heavy atom. The summed E-state index contributed by atoms with van der Waals surface area (Å²) in [5, 5.41) is 10.8. The Balaban J connectivity index is 1.78. The van der Waals surface area contributed by atoms with E-state index >= 15 is 4.39 Å². The standard InChI is InChI=1S/C25H39ClFN6O8PS2/c1-8-37-19-16-18(30-23(28)31-19)33(12-29-16)21-25(26,27)17(34)15(41-21)11-39-42(43,32-14(4)20(35)40-13(2)3)38-9-10-44-22(36)24(5,6)7/h12-15,17,21,34H,8-11H2,1-7H3,(H,32,43)(H2,28,30,31)/t14?,15-,17-,21-,25+,42?/m1/s1. The van der Waals surface area contributed by atoms with Crippen LogP contribution in [0.1, 0.15) is 54.7 Å². The van der Waals surface area contributed by atoms with Crippen LogP contribution in [0.15, 0.2) is 6.33 Å². The predicted molar refractivity (Wildman–Crippen MR) is 167 cm³/mol. The summed E-state index contributed by atoms with van der Waals surface area (Å²) >= 11 is 12.9. The molecule has 248 valence electrons. The molecule has 0 amide bonds. The van der Waals surface area contributed by atoms with E-state index in [1.165, 1.54) is 17.8 Å². The molecule has 0 spiro atoms. The van der Waals surface area contributed by atoms with Crippen molar-refractivity contribution in [3.63, 3.8) is 0 Å². The molecule has 1 saturated heterocycles. The fourth-order valence-electron chi connectivity index (χ4n) is 3.84. The van der Waals surface area contributed by atoms with Crippen LogP contribution in [0.2, 0.25) is 0 Å². The van der Waals surface area contributed by atoms with Gasteiger partial charge in [0.15, 0.2) is 22.5 Å². The highest BCUT2D eigenvalue weighted by Crippen LogP contribution is 2.49. The summed E-state index contributed by atoms with van der Waals surface area (Å²) in [6, 6.07) is -0.940. The highest BCUT2D eigenvalue weighted by Gasteiger charge is 2.58. The lowest BCUT2D eigenvalue weighted by Gasteiger charge is -2.28. The number of aliphatic hydroxyl groups is 1. The number of nitrogens with two attached hydrogens (primary N) is 1. The zero-order valence-corrected chi connectivity index (χ0v) is 28.8. The van der Waals surface area contributed by atoms with E-state index < -0.39 is 54.2 Å². The highest BCUT2D eigenvalue weighted by atomic mass is 35.5. The molecule has 6 atom stereocenters. The maximum Gasteiger partial charge on any atom is 0.323 e. The number of anilines is 1. The quantitative estimate of drug-likeness (QED) is 0.113. The van der Waals surface area contributed by atoms with E-state index in [1.54, 1.807) is 41.5 Å². The monoisotopic (exact) mass is 700 g/mol. The molecule has 44 heavy (non-hydrogen) atoms. The van der Waals surface area contributed by atoms with Crippen molar-refractivity contribution >= 4 is 70.0 Å². The molecular formula is C25H39ClFN6O8PS2. The van der Waals surface area contributed by atoms with Gasteiger partial charge in [-0.1, -0.05) is 44.1 Å². The number of imidazole rings is 1. The van der Waals surface area contributed by atoms with Crippen LogP contribution >= 0.6 is 30.0 Å². The molecule has 0 aromatic carbocycles. The zero-order chi connectivity index (χ0) is 33.0. The molecule has 2 aromatic heterocycles. The average molecular weight is 701 g/mol. The minimum Gasteiger partial charge on any atom is -0.476 e. The molecule has 0 bridgehead atoms. The van der Waals surface area contributed by atoms with Crippen molar-refractivity contribution in [2.45, 2.75) is 84.2 Å². The zero-order valence-electron chi connectivity index (χ0n) is 25.5. The van der Waals surface area contributed by atoms with E-state index in [9.17, 15) is 14.7 Å². The maximum absolute atomic E-state index is 15.9. The molecule has 14 nitrogen and oxygen atoms in total. The number of carbonyl (C=O) groups excluding carboxylic acids is 2. The molecule has 0 saturated carbocycles. The number of halogens is 2. The number of nitrogens with zero attached hydrogens (tertiary/aromatic N) is 4. The third-order valence-corrected chi connectivity index (χ3v) is 10.3. The normalized spacial score (nSPS) is 24.4. The van der Waals surface area contributed by atoms with Gasteiger partial charge in [-0.25, -0.2) is 14.5 Å². The second-order valence-electron chi connectivity index (χ2n) is 11.1. The number of alkyl halides is 2. The van der Waals surface area contributed by atoms with E-state index in [0.717, 1.165) is 11.8 Å². The van der Waals surface area contributed by atoms with Gasteiger partial charge < -0.3 is 34.1 Å². The van der Waals surface area contributed by atoms with E-state index in [1.807, 2.05) is 0 Å². The fourth-order valence-corrected chi connectivity index (χ4v) is 7.40. The van der Waals surface area contributed by atoms with Crippen LogP contribution in [-0.4, -0.2) is 90.8 Å². The summed E-state index contributed by atoms with van der Waals surface area (Å²) in [5.41, 5.74) is 5.51. The molecule has 0 radical (unpaired) electrons. The van der Waals surface area contributed by atoms with Gasteiger partial charge in [0, 0.05) is 11.2 Å². The van der Waals surface area contributed by atoms with E-state index in [0.29, 0.717) is 0 Å². The fraction of sp³-hybridized carbons (Fsp3) is 0.720. The number of carbonyl (C=O) groups is 2. The first-order chi connectivity index (χ1) is 20.4. The molecule has 19 heteroatoms. The number of esters is 1. The summed E-state index contributed by atoms with van der Waals surface area (Å²) < 4.78 is 45.3. The van der Waals surface area contributed by atoms with Crippen LogP contribution in [0.5, 0.6) is 5.88 Å². The van der Waals surface area contributed by atoms with Crippen molar-refractivity contribution < 1.29 is 42.3 Å². The van der Waals surface area contributed by atoms with Gasteiger partial charge in [-0.2, -0.15) is 9.97 Å². The second kappa shape index (κ2) is 14.8. The van der Waals surface area contributed by atoms with Gasteiger partial charge in [0.2, 0.25) is 11.8 Å². The van der Waals surface area contributed by atoms with Crippen LogP contribution < -0.4 is 15.6 Å². The highest BCUT2D eigenvalue weighted by molar-refractivity contribution is 8.13. The van der Waals surface area contributed by atoms with Gasteiger partial charge in [0.1, 0.15) is 18.2 Å². The summed E-state index contributed by atoms with van der Waals surface area (Å²) in [6.45, 7) is 8.33. The number of aromatic nitrogens is 4. The number of ether oxygens (including phenoxy) is 3. The van der Waals surface area contributed by atoms with Gasteiger partial charge >= 0.3 is 5.97 Å². The van der Waals surface area contributed by atoms with Crippen molar-refractivity contribution in [1.29, 1.82) is 0 Å². The lowest BCUT2D eigenvalue weighted by Crippen LogP contribution is -2.39. The molecule has 0 aliphatic carbocycles. The first kappa shape index (κ1) is 36.8. The van der Waals surface area contributed by atoms with E-state index in [4.69, 9.17) is 52.4 Å². The number of hydrogen-bond acceptors (Lipinski definition) is 14. The van der Waals surface area contributed by atoms with Gasteiger partial charge in [-0.15, -0.1) is 0 Å². The first-order valence-electron chi connectivity index (χ1n) is 13.8. The lowest BCUT2D eigenvalue weighted by atomic mass is 10.00. The number of aliphatic hydroxyl groups excluding tert-OH is 1. The molecular weight excluding hydrogens is 662 g/mol. The molecule has 4 N–H and O–H groups in total. The van der Waals surface area contributed by atoms with Gasteiger partial charge in [-0.05, 0) is 39.5 Å². The smallest absolute Gasteiger partial charge is 0.323 e. The van der Waals surface area contributed by atoms with Crippen LogP contribution in [0, 0.1) is 5.41 Å². The first-order valence-corrected chi connectivity index (χ1v) is 17.8. The number of nitrogen functional groups attached to an aromatic ring is 1. The largest absolute Gasteiger partial charge is 0.476 e. The minimum absolute atomic E-state index is 0.00765. The lowest BCUT2D eigenvalue weighted by molar-refractivity contribution is -0.149. The van der Waals surface area contributed by atoms with E-state index in [-0.39, 0.29) is 53.2 Å². The number of nitrogens with one attached hydrogen (secondary N) is 1. The Labute approximate surface area is 269 Å². The Kier molecular flexibility index (Phi) is 12.4. The summed E-state index contributed by atoms with van der Waals surface area (Å²) in [5.74, 6) is -0.412. The molecule has 3 rings (SSSR count). The Bertz CT molecular complexity index is 1380. The number of rotatable bonds is 14. The third kappa shape index (κ3) is 8.97. The van der Waals surface area contributed by atoms with Crippen molar-refractivity contribution in [2.75, 3.05) is 31.3 Å². The summed E-state index contributed by atoms with van der Waals surface area (Å²) in [7, 11) is 0. The van der Waals surface area contributed by atoms with Crippen molar-refractivity contribution in [2.24, 2.45) is 5.41 Å². The number of fused-ring (bicyclic) bond motifs is 1. The van der Waals surface area contributed by atoms with Crippen molar-refractivity contribution in [3.05, 3.63) is 6.33 Å². The Morgan fingerprint density at radius 1 is 1.34 bits per heavy atom. The molecule has 1 aliphatic heterocycles. The van der Waals surface area contributed by atoms with Crippen LogP contribution in [-0.2, 0) is 39.9 Å². The van der Waals surface area contributed by atoms with E-state index in [2.05, 4.69) is 20.0 Å². The summed E-state index contributed by atoms with van der Waals surface area (Å²) in [4.78, 5) is 37.1. The van der Waals surface area contributed by atoms with Gasteiger partial charge in [-0.3, -0.25) is 14.2 Å². The number of hydrogen-bond donors (Lipinski definition) is 3. The second-order valence-corrected chi connectivity index (χ2v) is 16.0. The Hall–Kier alpha value is -1.69. The topological polar surface area (TPSA) is 182 Å². The summed E-state index contributed by atoms with van der Waals surface area (Å²) in [6.07, 6.45) is -4.02. The third-order valence-electron chi connectivity index (χ3n) is 5.98. The van der Waals surface area contributed by atoms with Crippen LogP contribution in [0.3, 0.4) is 0 Å². The Morgan fingerprint density at radius 2 is 2.02 bits per heavy atom. The minimum atomic E-state index is -3.51. The average Bonchev–Trinajstić information content (AvgIpc) is 3.42. The van der Waals surface area contributed by atoms with Crippen LogP contribution in [0.4, 0.5) is 10.3 Å². The molecule has 3 heterocycles.